The van der Waals surface area contributed by atoms with Gasteiger partial charge in [-0.1, -0.05) is 19.1 Å². The molecule has 0 aromatic heterocycles. The molecule has 1 aromatic carbocycles. The molecule has 0 atom stereocenters. The second-order valence-electron chi connectivity index (χ2n) is 3.50. The largest absolute Gasteiger partial charge is 0.456 e. The number of hydrazine groups is 1. The van der Waals surface area contributed by atoms with Crippen LogP contribution in [0.25, 0.3) is 0 Å². The summed E-state index contributed by atoms with van der Waals surface area (Å²) < 4.78 is 5.21. The third-order valence-electron chi connectivity index (χ3n) is 2.09. The van der Waals surface area contributed by atoms with Crippen LogP contribution in [0.3, 0.4) is 0 Å². The summed E-state index contributed by atoms with van der Waals surface area (Å²) in [5.41, 5.74) is 4.76. The van der Waals surface area contributed by atoms with E-state index in [0.29, 0.717) is 10.0 Å². The maximum atomic E-state index is 11.7. The summed E-state index contributed by atoms with van der Waals surface area (Å²) in [4.78, 5) is 33.8. The Kier molecular flexibility index (Phi) is 6.01. The third-order valence-corrected chi connectivity index (χ3v) is 2.78. The molecule has 1 aromatic rings. The molecule has 6 nitrogen and oxygen atoms in total. The highest BCUT2D eigenvalue weighted by Gasteiger charge is 2.11. The highest BCUT2D eigenvalue weighted by atomic mass is 79.9. The average Bonchev–Trinajstić information content (AvgIpc) is 2.42. The van der Waals surface area contributed by atoms with Crippen LogP contribution in [0, 0.1) is 0 Å². The molecule has 0 fully saturated rings. The number of ether oxygens (including phenoxy) is 1. The molecular formula is C12H13BrN2O4. The lowest BCUT2D eigenvalue weighted by molar-refractivity contribution is -0.148. The lowest BCUT2D eigenvalue weighted by Gasteiger charge is -2.08. The molecule has 2 amide bonds. The summed E-state index contributed by atoms with van der Waals surface area (Å²) in [6, 6.07) is 6.77. The maximum absolute atomic E-state index is 11.7. The monoisotopic (exact) mass is 328 g/mol. The second kappa shape index (κ2) is 7.52. The van der Waals surface area contributed by atoms with E-state index in [1.54, 1.807) is 31.2 Å². The van der Waals surface area contributed by atoms with E-state index < -0.39 is 24.4 Å². The molecule has 0 aliphatic carbocycles. The van der Waals surface area contributed by atoms with Crippen molar-refractivity contribution in [2.45, 2.75) is 13.3 Å². The van der Waals surface area contributed by atoms with Crippen LogP contribution in [0.4, 0.5) is 0 Å². The van der Waals surface area contributed by atoms with E-state index in [9.17, 15) is 14.4 Å². The molecule has 0 aliphatic heterocycles. The molecule has 7 heteroatoms. The molecule has 0 aliphatic rings. The number of hydrogen-bond donors (Lipinski definition) is 2. The minimum absolute atomic E-state index is 0.191. The summed E-state index contributed by atoms with van der Waals surface area (Å²) in [5.74, 6) is -1.56. The van der Waals surface area contributed by atoms with Crippen molar-refractivity contribution < 1.29 is 19.1 Å². The molecule has 0 unspecified atom stereocenters. The number of halogens is 1. The molecular weight excluding hydrogens is 316 g/mol. The van der Waals surface area contributed by atoms with Crippen molar-refractivity contribution in [1.82, 2.24) is 10.9 Å². The average molecular weight is 329 g/mol. The van der Waals surface area contributed by atoms with Crippen molar-refractivity contribution in [2.24, 2.45) is 0 Å². The van der Waals surface area contributed by atoms with Crippen molar-refractivity contribution in [3.63, 3.8) is 0 Å². The Bertz CT molecular complexity index is 490. The normalized spacial score (nSPS) is 9.58. The number of benzene rings is 1. The highest BCUT2D eigenvalue weighted by molar-refractivity contribution is 9.10. The van der Waals surface area contributed by atoms with E-state index >= 15 is 0 Å². The van der Waals surface area contributed by atoms with E-state index in [-0.39, 0.29) is 6.42 Å². The van der Waals surface area contributed by atoms with Gasteiger partial charge in [0.05, 0.1) is 5.56 Å². The van der Waals surface area contributed by atoms with Gasteiger partial charge in [0.25, 0.3) is 11.8 Å². The maximum Gasteiger partial charge on any atom is 0.306 e. The first kappa shape index (κ1) is 15.2. The van der Waals surface area contributed by atoms with Crippen LogP contribution in [0.15, 0.2) is 28.7 Å². The Hall–Kier alpha value is -1.89. The van der Waals surface area contributed by atoms with Gasteiger partial charge < -0.3 is 4.74 Å². The Labute approximate surface area is 118 Å². The SMILES string of the molecule is CCC(=O)OCC(=O)NNC(=O)c1ccccc1Br. The first-order chi connectivity index (χ1) is 9.04. The number of hydrogen-bond acceptors (Lipinski definition) is 4. The molecule has 0 saturated carbocycles. The smallest absolute Gasteiger partial charge is 0.306 e. The molecule has 1 rings (SSSR count). The van der Waals surface area contributed by atoms with E-state index in [1.807, 2.05) is 0 Å². The zero-order valence-corrected chi connectivity index (χ0v) is 11.8. The Balaban J connectivity index is 2.40. The van der Waals surface area contributed by atoms with Crippen molar-refractivity contribution in [1.29, 1.82) is 0 Å². The van der Waals surface area contributed by atoms with E-state index in [4.69, 9.17) is 0 Å². The molecule has 0 heterocycles. The van der Waals surface area contributed by atoms with Gasteiger partial charge in [0, 0.05) is 10.9 Å². The Morgan fingerprint density at radius 3 is 2.53 bits per heavy atom. The lowest BCUT2D eigenvalue weighted by atomic mass is 10.2. The van der Waals surface area contributed by atoms with Crippen LogP contribution in [0.2, 0.25) is 0 Å². The molecule has 0 radical (unpaired) electrons. The molecule has 19 heavy (non-hydrogen) atoms. The first-order valence-electron chi connectivity index (χ1n) is 5.54. The van der Waals surface area contributed by atoms with Gasteiger partial charge >= 0.3 is 5.97 Å². The standard InChI is InChI=1S/C12H13BrN2O4/c1-2-11(17)19-7-10(16)14-15-12(18)8-5-3-4-6-9(8)13/h3-6H,2,7H2,1H3,(H,14,16)(H,15,18). The highest BCUT2D eigenvalue weighted by Crippen LogP contribution is 2.14. The van der Waals surface area contributed by atoms with Crippen LogP contribution >= 0.6 is 15.9 Å². The summed E-state index contributed by atoms with van der Waals surface area (Å²) in [6.45, 7) is 1.19. The van der Waals surface area contributed by atoms with Crippen LogP contribution in [0.1, 0.15) is 23.7 Å². The third kappa shape index (κ3) is 5.09. The summed E-state index contributed by atoms with van der Waals surface area (Å²) >= 11 is 3.22. The number of carbonyl (C=O) groups excluding carboxylic acids is 3. The summed E-state index contributed by atoms with van der Waals surface area (Å²) in [6.07, 6.45) is 0.191. The van der Waals surface area contributed by atoms with Gasteiger partial charge in [0.15, 0.2) is 6.61 Å². The van der Waals surface area contributed by atoms with E-state index in [2.05, 4.69) is 31.5 Å². The summed E-state index contributed by atoms with van der Waals surface area (Å²) in [5, 5.41) is 0. The van der Waals surface area contributed by atoms with Gasteiger partial charge in [-0.15, -0.1) is 0 Å². The Morgan fingerprint density at radius 1 is 1.21 bits per heavy atom. The lowest BCUT2D eigenvalue weighted by Crippen LogP contribution is -2.43. The number of nitrogens with one attached hydrogen (secondary N) is 2. The topological polar surface area (TPSA) is 84.5 Å². The molecule has 0 bridgehead atoms. The quantitative estimate of drug-likeness (QED) is 0.641. The number of rotatable bonds is 4. The van der Waals surface area contributed by atoms with Gasteiger partial charge in [0.1, 0.15) is 0 Å². The fraction of sp³-hybridized carbons (Fsp3) is 0.250. The predicted molar refractivity (Wildman–Crippen MR) is 71.0 cm³/mol. The van der Waals surface area contributed by atoms with Crippen molar-refractivity contribution in [2.75, 3.05) is 6.61 Å². The van der Waals surface area contributed by atoms with Crippen LogP contribution < -0.4 is 10.9 Å². The van der Waals surface area contributed by atoms with Gasteiger partial charge in [-0.2, -0.15) is 0 Å². The molecule has 102 valence electrons. The van der Waals surface area contributed by atoms with Gasteiger partial charge in [-0.25, -0.2) is 0 Å². The fourth-order valence-electron chi connectivity index (χ4n) is 1.12. The van der Waals surface area contributed by atoms with E-state index in [0.717, 1.165) is 0 Å². The molecule has 0 spiro atoms. The zero-order valence-electron chi connectivity index (χ0n) is 10.2. The fourth-order valence-corrected chi connectivity index (χ4v) is 1.59. The summed E-state index contributed by atoms with van der Waals surface area (Å²) in [7, 11) is 0. The van der Waals surface area contributed by atoms with Gasteiger partial charge in [0.2, 0.25) is 0 Å². The van der Waals surface area contributed by atoms with E-state index in [1.165, 1.54) is 0 Å². The van der Waals surface area contributed by atoms with Crippen molar-refractivity contribution in [3.8, 4) is 0 Å². The number of carbonyl (C=O) groups is 3. The minimum Gasteiger partial charge on any atom is -0.456 e. The van der Waals surface area contributed by atoms with Gasteiger partial charge in [-0.3, -0.25) is 25.2 Å². The first-order valence-corrected chi connectivity index (χ1v) is 6.33. The second-order valence-corrected chi connectivity index (χ2v) is 4.35. The zero-order chi connectivity index (χ0) is 14.3. The van der Waals surface area contributed by atoms with Crippen molar-refractivity contribution >= 4 is 33.7 Å². The Morgan fingerprint density at radius 2 is 1.89 bits per heavy atom. The predicted octanol–water partition coefficient (Wildman–Crippen LogP) is 1.16. The van der Waals surface area contributed by atoms with Crippen LogP contribution in [-0.4, -0.2) is 24.4 Å². The number of amides is 2. The van der Waals surface area contributed by atoms with Gasteiger partial charge in [-0.05, 0) is 28.1 Å². The minimum atomic E-state index is -0.609. The molecule has 2 N–H and O–H groups in total. The van der Waals surface area contributed by atoms with Crippen molar-refractivity contribution in [3.05, 3.63) is 34.3 Å². The van der Waals surface area contributed by atoms with Crippen LogP contribution in [-0.2, 0) is 14.3 Å². The molecule has 0 saturated heterocycles. The van der Waals surface area contributed by atoms with Crippen LogP contribution in [0.5, 0.6) is 0 Å². The number of esters is 1.